The normalized spacial score (nSPS) is 23.1. The van der Waals surface area contributed by atoms with Crippen LogP contribution in [-0.4, -0.2) is 42.4 Å². The van der Waals surface area contributed by atoms with Crippen LogP contribution in [0.15, 0.2) is 36.1 Å². The minimum atomic E-state index is -2.02. The Hall–Kier alpha value is -0.310. The third-order valence-electron chi connectivity index (χ3n) is 3.91. The predicted molar refractivity (Wildman–Crippen MR) is 111 cm³/mol. The first-order valence-corrected chi connectivity index (χ1v) is 9.80. The average Bonchev–Trinajstić information content (AvgIpc) is 2.64. The molecule has 2 rings (SSSR count). The van der Waals surface area contributed by atoms with Crippen LogP contribution in [0.5, 0.6) is 0 Å². The predicted octanol–water partition coefficient (Wildman–Crippen LogP) is 5.04. The highest BCUT2D eigenvalue weighted by Crippen LogP contribution is 2.45. The van der Waals surface area contributed by atoms with Crippen molar-refractivity contribution in [3.8, 4) is 0 Å². The zero-order valence-electron chi connectivity index (χ0n) is 14.9. The van der Waals surface area contributed by atoms with E-state index in [0.29, 0.717) is 5.76 Å². The molecule has 1 aliphatic rings. The Morgan fingerprint density at radius 3 is 1.89 bits per heavy atom. The Bertz CT molecular complexity index is 787. The second kappa shape index (κ2) is 8.82. The molecule has 6 nitrogen and oxygen atoms in total. The van der Waals surface area contributed by atoms with Crippen LogP contribution in [0.1, 0.15) is 17.5 Å². The van der Waals surface area contributed by atoms with Gasteiger partial charge in [-0.25, -0.2) is 15.0 Å². The summed E-state index contributed by atoms with van der Waals surface area (Å²) in [5.41, 5.74) is -0.748. The maximum Gasteiger partial charge on any atom is 0.250 e. The summed E-state index contributed by atoms with van der Waals surface area (Å²) in [5, 5.41) is 0. The number of allylic oxidation sites excluding steroid dienone is 3. The summed E-state index contributed by atoms with van der Waals surface area (Å²) in [6.07, 6.45) is 4.30. The molecular formula is C16H15Cl6N3O3. The zero-order valence-corrected chi connectivity index (χ0v) is 19.4. The number of methoxy groups -OCH3 is 3. The molecule has 1 aromatic rings. The first-order valence-electron chi connectivity index (χ1n) is 7.53. The Labute approximate surface area is 192 Å². The molecule has 1 aliphatic carbocycles. The van der Waals surface area contributed by atoms with E-state index in [1.807, 2.05) is 0 Å². The molecule has 0 amide bonds. The van der Waals surface area contributed by atoms with Crippen molar-refractivity contribution in [3.63, 3.8) is 0 Å². The standard InChI is InChI=1S/C16H15Cl6N3O3/c1-5-8-6-9(26-2)14(28-4,10(7-8)27-3)11-23-12(15(17,18)19)25-13(24-11)16(20,21)22/h5-7,9H,1H2,2-4H3. The number of hydrogen-bond acceptors (Lipinski definition) is 6. The summed E-state index contributed by atoms with van der Waals surface area (Å²) in [7, 11) is 4.34. The minimum absolute atomic E-state index is 0.0352. The van der Waals surface area contributed by atoms with E-state index >= 15 is 0 Å². The number of alkyl halides is 6. The van der Waals surface area contributed by atoms with Crippen molar-refractivity contribution in [2.75, 3.05) is 21.3 Å². The molecular weight excluding hydrogens is 495 g/mol. The van der Waals surface area contributed by atoms with Crippen molar-refractivity contribution in [1.82, 2.24) is 15.0 Å². The third kappa shape index (κ3) is 4.55. The van der Waals surface area contributed by atoms with Gasteiger partial charge >= 0.3 is 0 Å². The maximum absolute atomic E-state index is 5.97. The molecule has 28 heavy (non-hydrogen) atoms. The highest BCUT2D eigenvalue weighted by atomic mass is 35.6. The van der Waals surface area contributed by atoms with E-state index in [2.05, 4.69) is 21.5 Å². The molecule has 12 heteroatoms. The van der Waals surface area contributed by atoms with Gasteiger partial charge < -0.3 is 14.2 Å². The first-order chi connectivity index (χ1) is 12.9. The monoisotopic (exact) mass is 507 g/mol. The van der Waals surface area contributed by atoms with Crippen LogP contribution in [0.2, 0.25) is 0 Å². The summed E-state index contributed by atoms with van der Waals surface area (Å²) in [6.45, 7) is 3.75. The van der Waals surface area contributed by atoms with E-state index in [9.17, 15) is 0 Å². The van der Waals surface area contributed by atoms with E-state index in [-0.39, 0.29) is 17.5 Å². The van der Waals surface area contributed by atoms with E-state index < -0.39 is 19.3 Å². The number of aromatic nitrogens is 3. The smallest absolute Gasteiger partial charge is 0.250 e. The topological polar surface area (TPSA) is 66.4 Å². The second-order valence-corrected chi connectivity index (χ2v) is 10.0. The van der Waals surface area contributed by atoms with Gasteiger partial charge in [0.1, 0.15) is 11.9 Å². The minimum Gasteiger partial charge on any atom is -0.497 e. The fourth-order valence-electron chi connectivity index (χ4n) is 2.65. The molecule has 0 fully saturated rings. The number of halogens is 6. The highest BCUT2D eigenvalue weighted by Gasteiger charge is 2.51. The molecule has 2 unspecified atom stereocenters. The molecule has 2 atom stereocenters. The van der Waals surface area contributed by atoms with E-state index in [0.717, 1.165) is 5.57 Å². The zero-order chi connectivity index (χ0) is 21.3. The van der Waals surface area contributed by atoms with Gasteiger partial charge in [-0.15, -0.1) is 0 Å². The number of hydrogen-bond donors (Lipinski definition) is 0. The van der Waals surface area contributed by atoms with Gasteiger partial charge in [0.05, 0.1) is 7.11 Å². The van der Waals surface area contributed by atoms with E-state index in [1.165, 1.54) is 21.3 Å². The van der Waals surface area contributed by atoms with Crippen LogP contribution in [-0.2, 0) is 27.4 Å². The lowest BCUT2D eigenvalue weighted by molar-refractivity contribution is -0.111. The third-order valence-corrected chi connectivity index (χ3v) is 4.93. The molecule has 154 valence electrons. The summed E-state index contributed by atoms with van der Waals surface area (Å²) in [6, 6.07) is 0. The van der Waals surface area contributed by atoms with Crippen molar-refractivity contribution in [2.24, 2.45) is 0 Å². The van der Waals surface area contributed by atoms with Crippen molar-refractivity contribution in [1.29, 1.82) is 0 Å². The molecule has 0 aliphatic heterocycles. The molecule has 0 saturated carbocycles. The quantitative estimate of drug-likeness (QED) is 0.518. The fourth-order valence-corrected chi connectivity index (χ4v) is 3.16. The molecule has 0 radical (unpaired) electrons. The Kier molecular flexibility index (Phi) is 7.55. The van der Waals surface area contributed by atoms with Gasteiger partial charge in [-0.2, -0.15) is 0 Å². The number of ether oxygens (including phenoxy) is 3. The van der Waals surface area contributed by atoms with Crippen molar-refractivity contribution >= 4 is 69.6 Å². The van der Waals surface area contributed by atoms with Gasteiger partial charge in [0.15, 0.2) is 17.5 Å². The van der Waals surface area contributed by atoms with Crippen LogP contribution in [0.4, 0.5) is 0 Å². The van der Waals surface area contributed by atoms with Crippen LogP contribution >= 0.6 is 69.6 Å². The SMILES string of the molecule is C=CC1=CC(OC)C(OC)(c2nc(C(Cl)(Cl)Cl)nc(C(Cl)(Cl)Cl)n2)C(OC)=C1. The first kappa shape index (κ1) is 24.0. The summed E-state index contributed by atoms with van der Waals surface area (Å²) in [5.74, 6) is -0.254. The fraction of sp³-hybridized carbons (Fsp3) is 0.438. The molecule has 0 saturated heterocycles. The van der Waals surface area contributed by atoms with E-state index in [4.69, 9.17) is 83.8 Å². The van der Waals surface area contributed by atoms with Crippen molar-refractivity contribution in [2.45, 2.75) is 19.3 Å². The highest BCUT2D eigenvalue weighted by molar-refractivity contribution is 6.67. The Balaban J connectivity index is 2.86. The van der Waals surface area contributed by atoms with Crippen LogP contribution in [0.25, 0.3) is 0 Å². The Morgan fingerprint density at radius 1 is 1.00 bits per heavy atom. The van der Waals surface area contributed by atoms with Crippen LogP contribution in [0.3, 0.4) is 0 Å². The molecule has 1 aromatic heterocycles. The van der Waals surface area contributed by atoms with Gasteiger partial charge in [0, 0.05) is 14.2 Å². The lowest BCUT2D eigenvalue weighted by atomic mass is 9.85. The Morgan fingerprint density at radius 2 is 1.54 bits per heavy atom. The van der Waals surface area contributed by atoms with Gasteiger partial charge in [0.25, 0.3) is 0 Å². The summed E-state index contributed by atoms with van der Waals surface area (Å²) >= 11 is 35.8. The lowest BCUT2D eigenvalue weighted by Crippen LogP contribution is -2.47. The van der Waals surface area contributed by atoms with Gasteiger partial charge in [0.2, 0.25) is 13.2 Å². The van der Waals surface area contributed by atoms with Crippen molar-refractivity contribution in [3.05, 3.63) is 53.6 Å². The summed E-state index contributed by atoms with van der Waals surface area (Å²) in [4.78, 5) is 12.5. The summed E-state index contributed by atoms with van der Waals surface area (Å²) < 4.78 is 12.9. The molecule has 0 spiro atoms. The average molecular weight is 510 g/mol. The molecule has 0 N–H and O–H groups in total. The largest absolute Gasteiger partial charge is 0.497 e. The lowest BCUT2D eigenvalue weighted by Gasteiger charge is -2.39. The maximum atomic E-state index is 5.97. The molecule has 1 heterocycles. The van der Waals surface area contributed by atoms with Crippen molar-refractivity contribution < 1.29 is 14.2 Å². The molecule has 0 aromatic carbocycles. The van der Waals surface area contributed by atoms with Crippen LogP contribution in [0, 0.1) is 0 Å². The van der Waals surface area contributed by atoms with Crippen LogP contribution < -0.4 is 0 Å². The number of nitrogens with zero attached hydrogens (tertiary/aromatic N) is 3. The molecule has 0 bridgehead atoms. The second-order valence-electron chi connectivity index (χ2n) is 5.48. The number of rotatable bonds is 5. The van der Waals surface area contributed by atoms with Gasteiger partial charge in [-0.3, -0.25) is 0 Å². The van der Waals surface area contributed by atoms with E-state index in [1.54, 1.807) is 18.2 Å². The van der Waals surface area contributed by atoms with Gasteiger partial charge in [-0.05, 0) is 17.7 Å². The van der Waals surface area contributed by atoms with Gasteiger partial charge in [-0.1, -0.05) is 82.3 Å².